The molecule has 1 fully saturated rings. The fourth-order valence-electron chi connectivity index (χ4n) is 2.66. The Balaban J connectivity index is 2.04. The fourth-order valence-corrected chi connectivity index (χ4v) is 2.66. The Labute approximate surface area is 112 Å². The van der Waals surface area contributed by atoms with Crippen LogP contribution in [0.15, 0.2) is 18.2 Å². The molecule has 1 aromatic rings. The second-order valence-corrected chi connectivity index (χ2v) is 5.16. The van der Waals surface area contributed by atoms with Crippen molar-refractivity contribution < 1.29 is 9.66 Å². The van der Waals surface area contributed by atoms with Crippen LogP contribution in [0.5, 0.6) is 5.75 Å². The predicted octanol–water partition coefficient (Wildman–Crippen LogP) is 3.52. The normalized spacial score (nSPS) is 23.0. The summed E-state index contributed by atoms with van der Waals surface area (Å²) in [6.45, 7) is 2.20. The number of anilines is 1. The number of hydrogen-bond donors (Lipinski definition) is 1. The Kier molecular flexibility index (Phi) is 4.24. The third kappa shape index (κ3) is 3.36. The van der Waals surface area contributed by atoms with E-state index in [0.717, 1.165) is 18.8 Å². The summed E-state index contributed by atoms with van der Waals surface area (Å²) in [5, 5.41) is 10.6. The van der Waals surface area contributed by atoms with Gasteiger partial charge in [-0.15, -0.1) is 0 Å². The number of hydrogen-bond acceptors (Lipinski definition) is 4. The van der Waals surface area contributed by atoms with Crippen LogP contribution in [0.25, 0.3) is 0 Å². The molecule has 0 aromatic heterocycles. The van der Waals surface area contributed by atoms with E-state index in [4.69, 9.17) is 10.5 Å². The standard InChI is InChI=1S/C14H20N2O3/c1-2-10-4-3-5-12(8-10)19-14-7-6-11(16(17)18)9-13(14)15/h6-7,9-10,12H,2-5,8,15H2,1H3. The van der Waals surface area contributed by atoms with Gasteiger partial charge in [-0.3, -0.25) is 10.1 Å². The van der Waals surface area contributed by atoms with Gasteiger partial charge >= 0.3 is 0 Å². The minimum absolute atomic E-state index is 0.0000658. The van der Waals surface area contributed by atoms with Gasteiger partial charge < -0.3 is 10.5 Å². The van der Waals surface area contributed by atoms with Gasteiger partial charge in [-0.05, 0) is 31.2 Å². The van der Waals surface area contributed by atoms with E-state index in [1.54, 1.807) is 6.07 Å². The molecule has 0 heterocycles. The Morgan fingerprint density at radius 3 is 2.89 bits per heavy atom. The lowest BCUT2D eigenvalue weighted by Gasteiger charge is -2.29. The van der Waals surface area contributed by atoms with E-state index in [0.29, 0.717) is 11.4 Å². The molecule has 5 nitrogen and oxygen atoms in total. The van der Waals surface area contributed by atoms with Crippen molar-refractivity contribution in [1.82, 2.24) is 0 Å². The number of nitrogens with two attached hydrogens (primary N) is 1. The molecule has 1 saturated carbocycles. The summed E-state index contributed by atoms with van der Waals surface area (Å²) in [5.41, 5.74) is 6.15. The molecule has 0 amide bonds. The van der Waals surface area contributed by atoms with E-state index < -0.39 is 4.92 Å². The lowest BCUT2D eigenvalue weighted by atomic mass is 9.85. The van der Waals surface area contributed by atoms with E-state index in [1.807, 2.05) is 0 Å². The molecule has 19 heavy (non-hydrogen) atoms. The molecule has 0 radical (unpaired) electrons. The number of ether oxygens (including phenoxy) is 1. The lowest BCUT2D eigenvalue weighted by Crippen LogP contribution is -2.25. The number of nitrogen functional groups attached to an aromatic ring is 1. The van der Waals surface area contributed by atoms with Crippen LogP contribution in [0.4, 0.5) is 11.4 Å². The molecule has 2 unspecified atom stereocenters. The zero-order valence-corrected chi connectivity index (χ0v) is 11.2. The molecule has 5 heteroatoms. The molecular weight excluding hydrogens is 244 g/mol. The van der Waals surface area contributed by atoms with Crippen LogP contribution in [0.3, 0.4) is 0 Å². The molecular formula is C14H20N2O3. The Hall–Kier alpha value is -1.78. The van der Waals surface area contributed by atoms with Gasteiger partial charge in [0.05, 0.1) is 16.7 Å². The van der Waals surface area contributed by atoms with E-state index in [-0.39, 0.29) is 11.8 Å². The minimum atomic E-state index is -0.451. The smallest absolute Gasteiger partial charge is 0.271 e. The van der Waals surface area contributed by atoms with E-state index in [2.05, 4.69) is 6.92 Å². The van der Waals surface area contributed by atoms with Crippen molar-refractivity contribution in [3.05, 3.63) is 28.3 Å². The van der Waals surface area contributed by atoms with Crippen LogP contribution in [-0.2, 0) is 0 Å². The van der Waals surface area contributed by atoms with E-state index >= 15 is 0 Å². The van der Waals surface area contributed by atoms with Crippen LogP contribution >= 0.6 is 0 Å². The summed E-state index contributed by atoms with van der Waals surface area (Å²) in [5.74, 6) is 1.28. The number of benzene rings is 1. The molecule has 1 aliphatic rings. The van der Waals surface area contributed by atoms with Gasteiger partial charge in [0, 0.05) is 12.1 Å². The Bertz CT molecular complexity index is 462. The first-order valence-corrected chi connectivity index (χ1v) is 6.80. The van der Waals surface area contributed by atoms with Gasteiger partial charge in [-0.25, -0.2) is 0 Å². The molecule has 2 atom stereocenters. The van der Waals surface area contributed by atoms with Gasteiger partial charge in [0.25, 0.3) is 5.69 Å². The maximum Gasteiger partial charge on any atom is 0.271 e. The van der Waals surface area contributed by atoms with Gasteiger partial charge in [-0.2, -0.15) is 0 Å². The third-order valence-corrected chi connectivity index (χ3v) is 3.81. The SMILES string of the molecule is CCC1CCCC(Oc2ccc([N+](=O)[O-])cc2N)C1. The van der Waals surface area contributed by atoms with E-state index in [9.17, 15) is 10.1 Å². The average Bonchev–Trinajstić information content (AvgIpc) is 2.41. The largest absolute Gasteiger partial charge is 0.488 e. The van der Waals surface area contributed by atoms with E-state index in [1.165, 1.54) is 31.4 Å². The second kappa shape index (κ2) is 5.91. The molecule has 1 aromatic carbocycles. The first-order chi connectivity index (χ1) is 9.10. The lowest BCUT2D eigenvalue weighted by molar-refractivity contribution is -0.384. The van der Waals surface area contributed by atoms with Crippen molar-refractivity contribution in [2.75, 3.05) is 5.73 Å². The molecule has 2 rings (SSSR count). The van der Waals surface area contributed by atoms with Crippen molar-refractivity contribution in [2.24, 2.45) is 5.92 Å². The summed E-state index contributed by atoms with van der Waals surface area (Å²) in [7, 11) is 0. The maximum absolute atomic E-state index is 10.6. The minimum Gasteiger partial charge on any atom is -0.488 e. The molecule has 104 valence electrons. The summed E-state index contributed by atoms with van der Waals surface area (Å²) in [4.78, 5) is 10.2. The zero-order valence-electron chi connectivity index (χ0n) is 11.2. The van der Waals surface area contributed by atoms with Crippen LogP contribution in [0, 0.1) is 16.0 Å². The summed E-state index contributed by atoms with van der Waals surface area (Å²) in [6, 6.07) is 4.39. The Morgan fingerprint density at radius 2 is 2.26 bits per heavy atom. The fraction of sp³-hybridized carbons (Fsp3) is 0.571. The highest BCUT2D eigenvalue weighted by Gasteiger charge is 2.23. The quantitative estimate of drug-likeness (QED) is 0.512. The summed E-state index contributed by atoms with van der Waals surface area (Å²) < 4.78 is 5.91. The van der Waals surface area contributed by atoms with Gasteiger partial charge in [-0.1, -0.05) is 19.8 Å². The number of nitrogens with zero attached hydrogens (tertiary/aromatic N) is 1. The first-order valence-electron chi connectivity index (χ1n) is 6.80. The van der Waals surface area contributed by atoms with Crippen LogP contribution in [-0.4, -0.2) is 11.0 Å². The Morgan fingerprint density at radius 1 is 1.47 bits per heavy atom. The monoisotopic (exact) mass is 264 g/mol. The van der Waals surface area contributed by atoms with Gasteiger partial charge in [0.15, 0.2) is 0 Å². The molecule has 0 aliphatic heterocycles. The van der Waals surface area contributed by atoms with Crippen molar-refractivity contribution in [1.29, 1.82) is 0 Å². The maximum atomic E-state index is 10.6. The average molecular weight is 264 g/mol. The second-order valence-electron chi connectivity index (χ2n) is 5.16. The topological polar surface area (TPSA) is 78.4 Å². The van der Waals surface area contributed by atoms with Gasteiger partial charge in [0.2, 0.25) is 0 Å². The van der Waals surface area contributed by atoms with Crippen LogP contribution < -0.4 is 10.5 Å². The molecule has 1 aliphatic carbocycles. The van der Waals surface area contributed by atoms with Crippen molar-refractivity contribution in [3.63, 3.8) is 0 Å². The highest BCUT2D eigenvalue weighted by atomic mass is 16.6. The van der Waals surface area contributed by atoms with Crippen molar-refractivity contribution in [3.8, 4) is 5.75 Å². The molecule has 0 spiro atoms. The predicted molar refractivity (Wildman–Crippen MR) is 74.2 cm³/mol. The zero-order chi connectivity index (χ0) is 13.8. The van der Waals surface area contributed by atoms with Gasteiger partial charge in [0.1, 0.15) is 5.75 Å². The third-order valence-electron chi connectivity index (χ3n) is 3.81. The van der Waals surface area contributed by atoms with Crippen LogP contribution in [0.1, 0.15) is 39.0 Å². The first kappa shape index (κ1) is 13.6. The number of nitro groups is 1. The van der Waals surface area contributed by atoms with Crippen molar-refractivity contribution in [2.45, 2.75) is 45.1 Å². The highest BCUT2D eigenvalue weighted by Crippen LogP contribution is 2.33. The van der Waals surface area contributed by atoms with Crippen molar-refractivity contribution >= 4 is 11.4 Å². The van der Waals surface area contributed by atoms with Crippen LogP contribution in [0.2, 0.25) is 0 Å². The number of non-ortho nitro benzene ring substituents is 1. The number of rotatable bonds is 4. The summed E-state index contributed by atoms with van der Waals surface area (Å²) >= 11 is 0. The number of nitro benzene ring substituents is 1. The molecule has 0 bridgehead atoms. The molecule has 0 saturated heterocycles. The summed E-state index contributed by atoms with van der Waals surface area (Å²) in [6.07, 6.45) is 5.89. The highest BCUT2D eigenvalue weighted by molar-refractivity contribution is 5.58. The molecule has 2 N–H and O–H groups in total.